The molecule has 138 valence electrons. The molecule has 0 fully saturated rings. The van der Waals surface area contributed by atoms with Crippen molar-refractivity contribution in [3.05, 3.63) is 47.5 Å². The molecule has 1 unspecified atom stereocenters. The molecule has 1 amide bonds. The topological polar surface area (TPSA) is 88.5 Å². The van der Waals surface area contributed by atoms with Gasteiger partial charge in [-0.25, -0.2) is 9.78 Å². The summed E-state index contributed by atoms with van der Waals surface area (Å²) in [6.07, 6.45) is 2.44. The summed E-state index contributed by atoms with van der Waals surface area (Å²) in [7, 11) is 0. The maximum Gasteiger partial charge on any atom is 0.326 e. The Labute approximate surface area is 156 Å². The molecule has 1 aromatic carbocycles. The molecule has 6 nitrogen and oxygen atoms in total. The monoisotopic (exact) mass is 374 g/mol. The molecular formula is C19H22N2O4S. The minimum absolute atomic E-state index is 0.300. The lowest BCUT2D eigenvalue weighted by Gasteiger charge is -2.12. The van der Waals surface area contributed by atoms with Crippen LogP contribution in [0.4, 0.5) is 0 Å². The third kappa shape index (κ3) is 4.92. The van der Waals surface area contributed by atoms with Crippen molar-refractivity contribution in [2.45, 2.75) is 32.7 Å². The molecule has 1 aromatic heterocycles. The Morgan fingerprint density at radius 3 is 2.65 bits per heavy atom. The largest absolute Gasteiger partial charge is 0.494 e. The number of carbonyl (C=O) groups excluding carboxylic acids is 1. The second-order valence-corrected chi connectivity index (χ2v) is 6.62. The van der Waals surface area contributed by atoms with Crippen molar-refractivity contribution in [3.63, 3.8) is 0 Å². The molecular weight excluding hydrogens is 352 g/mol. The number of ether oxygens (including phenoxy) is 1. The molecule has 2 N–H and O–H groups in total. The summed E-state index contributed by atoms with van der Waals surface area (Å²) in [6, 6.07) is 6.52. The van der Waals surface area contributed by atoms with Crippen LogP contribution in [-0.2, 0) is 4.79 Å². The Kier molecular flexibility index (Phi) is 6.91. The number of aryl methyl sites for hydroxylation is 1. The van der Waals surface area contributed by atoms with Gasteiger partial charge in [0.15, 0.2) is 0 Å². The van der Waals surface area contributed by atoms with Gasteiger partial charge < -0.3 is 15.2 Å². The molecule has 0 radical (unpaired) electrons. The number of hydrogen-bond donors (Lipinski definition) is 2. The third-order valence-electron chi connectivity index (χ3n) is 3.68. The van der Waals surface area contributed by atoms with Crippen molar-refractivity contribution >= 4 is 23.2 Å². The first-order valence-electron chi connectivity index (χ1n) is 8.31. The second kappa shape index (κ2) is 9.15. The Morgan fingerprint density at radius 1 is 1.38 bits per heavy atom. The van der Waals surface area contributed by atoms with Gasteiger partial charge >= 0.3 is 5.97 Å². The number of carboxylic acid groups (broad SMARTS) is 1. The van der Waals surface area contributed by atoms with E-state index in [1.54, 1.807) is 13.0 Å². The number of benzene rings is 1. The maximum atomic E-state index is 12.5. The van der Waals surface area contributed by atoms with Crippen LogP contribution >= 0.6 is 11.3 Å². The molecule has 0 aliphatic heterocycles. The first-order chi connectivity index (χ1) is 12.5. The van der Waals surface area contributed by atoms with Gasteiger partial charge in [-0.3, -0.25) is 4.79 Å². The number of rotatable bonds is 9. The number of hydrogen-bond acceptors (Lipinski definition) is 5. The molecule has 0 saturated carbocycles. The standard InChI is InChI=1S/C19H22N2O4S/c1-4-6-7-15(19(23)24)21-17(22)16-12(3)20-18(26-16)13-8-10-14(11-9-13)25-5-2/h4,8-11,15H,1,5-7H2,2-3H3,(H,21,22)(H,23,24). The number of aromatic nitrogens is 1. The number of allylic oxidation sites excluding steroid dienone is 1. The molecule has 7 heteroatoms. The molecule has 0 spiro atoms. The maximum absolute atomic E-state index is 12.5. The summed E-state index contributed by atoms with van der Waals surface area (Å²) in [4.78, 5) is 28.6. The van der Waals surface area contributed by atoms with Gasteiger partial charge in [0.05, 0.1) is 12.3 Å². The van der Waals surface area contributed by atoms with E-state index in [4.69, 9.17) is 4.74 Å². The molecule has 1 atom stereocenters. The fraction of sp³-hybridized carbons (Fsp3) is 0.316. The molecule has 2 aromatic rings. The van der Waals surface area contributed by atoms with E-state index in [0.717, 1.165) is 11.3 Å². The minimum Gasteiger partial charge on any atom is -0.494 e. The van der Waals surface area contributed by atoms with Crippen LogP contribution in [0.3, 0.4) is 0 Å². The van der Waals surface area contributed by atoms with Crippen LogP contribution < -0.4 is 10.1 Å². The number of thiazole rings is 1. The van der Waals surface area contributed by atoms with Gasteiger partial charge in [-0.1, -0.05) is 6.08 Å². The molecule has 2 rings (SSSR count). The minimum atomic E-state index is -1.06. The Hall–Kier alpha value is -2.67. The number of amides is 1. The summed E-state index contributed by atoms with van der Waals surface area (Å²) < 4.78 is 5.42. The van der Waals surface area contributed by atoms with E-state index in [1.165, 1.54) is 11.3 Å². The molecule has 26 heavy (non-hydrogen) atoms. The van der Waals surface area contributed by atoms with Gasteiger partial charge in [0.25, 0.3) is 5.91 Å². The van der Waals surface area contributed by atoms with Crippen molar-refractivity contribution in [3.8, 4) is 16.3 Å². The zero-order valence-electron chi connectivity index (χ0n) is 14.8. The zero-order valence-corrected chi connectivity index (χ0v) is 15.6. The number of nitrogens with one attached hydrogen (secondary N) is 1. The molecule has 1 heterocycles. The van der Waals surface area contributed by atoms with Crippen LogP contribution in [0.5, 0.6) is 5.75 Å². The quantitative estimate of drug-likeness (QED) is 0.654. The van der Waals surface area contributed by atoms with Crippen LogP contribution in [0.25, 0.3) is 10.6 Å². The summed E-state index contributed by atoms with van der Waals surface area (Å²) in [5.41, 5.74) is 1.45. The van der Waals surface area contributed by atoms with Crippen LogP contribution in [-0.4, -0.2) is 34.6 Å². The highest BCUT2D eigenvalue weighted by Crippen LogP contribution is 2.29. The summed E-state index contributed by atoms with van der Waals surface area (Å²) in [6.45, 7) is 7.83. The zero-order chi connectivity index (χ0) is 19.1. The Balaban J connectivity index is 2.16. The molecule has 0 aliphatic carbocycles. The normalized spacial score (nSPS) is 11.6. The van der Waals surface area contributed by atoms with Crippen molar-refractivity contribution in [1.82, 2.24) is 10.3 Å². The molecule has 0 aliphatic rings. The second-order valence-electron chi connectivity index (χ2n) is 5.62. The van der Waals surface area contributed by atoms with E-state index < -0.39 is 17.9 Å². The Morgan fingerprint density at radius 2 is 2.08 bits per heavy atom. The fourth-order valence-electron chi connectivity index (χ4n) is 2.36. The summed E-state index contributed by atoms with van der Waals surface area (Å²) in [5, 5.41) is 12.5. The predicted molar refractivity (Wildman–Crippen MR) is 102 cm³/mol. The highest BCUT2D eigenvalue weighted by Gasteiger charge is 2.23. The summed E-state index contributed by atoms with van der Waals surface area (Å²) >= 11 is 1.24. The summed E-state index contributed by atoms with van der Waals surface area (Å²) in [5.74, 6) is -0.711. The third-order valence-corrected chi connectivity index (χ3v) is 4.88. The van der Waals surface area contributed by atoms with Crippen LogP contribution in [0, 0.1) is 6.92 Å². The smallest absolute Gasteiger partial charge is 0.326 e. The number of nitrogens with zero attached hydrogens (tertiary/aromatic N) is 1. The number of carbonyl (C=O) groups is 2. The number of aliphatic carboxylic acids is 1. The highest BCUT2D eigenvalue weighted by atomic mass is 32.1. The SMILES string of the molecule is C=CCCC(NC(=O)c1sc(-c2ccc(OCC)cc2)nc1C)C(=O)O. The van der Waals surface area contributed by atoms with Gasteiger partial charge in [0.2, 0.25) is 0 Å². The predicted octanol–water partition coefficient (Wildman–Crippen LogP) is 3.67. The van der Waals surface area contributed by atoms with E-state index in [2.05, 4.69) is 16.9 Å². The first kappa shape index (κ1) is 19.7. The van der Waals surface area contributed by atoms with Gasteiger partial charge in [-0.15, -0.1) is 17.9 Å². The van der Waals surface area contributed by atoms with Gasteiger partial charge in [-0.2, -0.15) is 0 Å². The van der Waals surface area contributed by atoms with Gasteiger partial charge in [-0.05, 0) is 51.0 Å². The van der Waals surface area contributed by atoms with Crippen molar-refractivity contribution in [1.29, 1.82) is 0 Å². The van der Waals surface area contributed by atoms with Gasteiger partial charge in [0, 0.05) is 5.56 Å². The molecule has 0 bridgehead atoms. The lowest BCUT2D eigenvalue weighted by molar-refractivity contribution is -0.139. The lowest BCUT2D eigenvalue weighted by Crippen LogP contribution is -2.40. The van der Waals surface area contributed by atoms with Crippen molar-refractivity contribution in [2.24, 2.45) is 0 Å². The van der Waals surface area contributed by atoms with E-state index in [9.17, 15) is 14.7 Å². The van der Waals surface area contributed by atoms with E-state index >= 15 is 0 Å². The van der Waals surface area contributed by atoms with Crippen LogP contribution in [0.2, 0.25) is 0 Å². The van der Waals surface area contributed by atoms with Crippen molar-refractivity contribution in [2.75, 3.05) is 6.61 Å². The van der Waals surface area contributed by atoms with Crippen LogP contribution in [0.15, 0.2) is 36.9 Å². The van der Waals surface area contributed by atoms with Crippen molar-refractivity contribution < 1.29 is 19.4 Å². The average molecular weight is 374 g/mol. The molecule has 0 saturated heterocycles. The number of carboxylic acids is 1. The van der Waals surface area contributed by atoms with Crippen LogP contribution in [0.1, 0.15) is 35.1 Å². The van der Waals surface area contributed by atoms with E-state index in [-0.39, 0.29) is 0 Å². The first-order valence-corrected chi connectivity index (χ1v) is 9.13. The van der Waals surface area contributed by atoms with E-state index in [0.29, 0.717) is 35.0 Å². The Bertz CT molecular complexity index is 783. The average Bonchev–Trinajstić information content (AvgIpc) is 3.01. The van der Waals surface area contributed by atoms with E-state index in [1.807, 2.05) is 31.2 Å². The van der Waals surface area contributed by atoms with Gasteiger partial charge in [0.1, 0.15) is 21.7 Å². The highest BCUT2D eigenvalue weighted by molar-refractivity contribution is 7.17. The fourth-order valence-corrected chi connectivity index (χ4v) is 3.33. The lowest BCUT2D eigenvalue weighted by atomic mass is 10.1.